The van der Waals surface area contributed by atoms with Gasteiger partial charge in [0.1, 0.15) is 18.1 Å². The summed E-state index contributed by atoms with van der Waals surface area (Å²) in [5.41, 5.74) is 3.95. The topological polar surface area (TPSA) is 85.1 Å². The number of hydrogen-bond acceptors (Lipinski definition) is 9. The fraction of sp³-hybridized carbons (Fsp3) is 0.400. The summed E-state index contributed by atoms with van der Waals surface area (Å²) in [7, 11) is 1.69. The average molecular weight is 489 g/mol. The molecule has 0 aliphatic carbocycles. The minimum Gasteiger partial charge on any atom is -0.364 e. The zero-order chi connectivity index (χ0) is 23.9. The molecule has 0 radical (unpaired) electrons. The van der Waals surface area contributed by atoms with Crippen LogP contribution in [-0.4, -0.2) is 56.4 Å². The van der Waals surface area contributed by atoms with E-state index in [9.17, 15) is 0 Å². The summed E-state index contributed by atoms with van der Waals surface area (Å²) in [6, 6.07) is 6.49. The molecule has 0 spiro atoms. The van der Waals surface area contributed by atoms with Crippen molar-refractivity contribution in [3.8, 4) is 0 Å². The minimum absolute atomic E-state index is 0.403. The monoisotopic (exact) mass is 488 g/mol. The Hall–Kier alpha value is -3.24. The number of anilines is 3. The van der Waals surface area contributed by atoms with Gasteiger partial charge in [-0.2, -0.15) is 0 Å². The van der Waals surface area contributed by atoms with E-state index < -0.39 is 0 Å². The van der Waals surface area contributed by atoms with Crippen molar-refractivity contribution in [2.45, 2.75) is 36.7 Å². The van der Waals surface area contributed by atoms with Gasteiger partial charge in [0, 0.05) is 37.5 Å². The van der Waals surface area contributed by atoms with Gasteiger partial charge >= 0.3 is 0 Å². The van der Waals surface area contributed by atoms with Gasteiger partial charge < -0.3 is 14.2 Å². The molecule has 0 N–H and O–H groups in total. The number of nitrogens with zero attached hydrogens (tertiary/aromatic N) is 8. The van der Waals surface area contributed by atoms with Crippen LogP contribution in [-0.2, 0) is 11.3 Å². The highest BCUT2D eigenvalue weighted by molar-refractivity contribution is 7.99. The van der Waals surface area contributed by atoms with Gasteiger partial charge in [-0.05, 0) is 36.0 Å². The van der Waals surface area contributed by atoms with Gasteiger partial charge in [-0.1, -0.05) is 31.7 Å². The van der Waals surface area contributed by atoms with Crippen LogP contribution in [0.3, 0.4) is 0 Å². The number of aromatic nitrogens is 6. The second-order valence-electron chi connectivity index (χ2n) is 9.53. The van der Waals surface area contributed by atoms with Crippen LogP contribution >= 0.6 is 11.8 Å². The number of fused-ring (bicyclic) bond motifs is 3. The number of hydrogen-bond donors (Lipinski definition) is 0. The van der Waals surface area contributed by atoms with Crippen LogP contribution in [0.4, 0.5) is 17.3 Å². The van der Waals surface area contributed by atoms with Crippen molar-refractivity contribution < 1.29 is 4.74 Å². The predicted octanol–water partition coefficient (Wildman–Crippen LogP) is 4.35. The first kappa shape index (κ1) is 22.2. The summed E-state index contributed by atoms with van der Waals surface area (Å²) in [6.07, 6.45) is 8.24. The molecule has 2 aliphatic heterocycles. The fourth-order valence-corrected chi connectivity index (χ4v) is 6.25. The molecule has 9 nitrogen and oxygen atoms in total. The number of piperidine rings is 1. The van der Waals surface area contributed by atoms with Gasteiger partial charge in [-0.25, -0.2) is 24.9 Å². The molecule has 2 aliphatic rings. The lowest BCUT2D eigenvalue weighted by atomic mass is 9.92. The van der Waals surface area contributed by atoms with Crippen LogP contribution in [0.2, 0.25) is 0 Å². The van der Waals surface area contributed by atoms with Crippen LogP contribution in [0.5, 0.6) is 0 Å². The SMILES string of the molecule is COCN1c2cc(Cn3cnc4c(N5CC(C)CC(C)C5)ncnc43)ccc2Sc2nccnc21. The zero-order valence-corrected chi connectivity index (χ0v) is 20.9. The Labute approximate surface area is 208 Å². The van der Waals surface area contributed by atoms with Gasteiger partial charge in [0.25, 0.3) is 0 Å². The number of benzene rings is 1. The molecule has 5 heterocycles. The molecule has 2 unspecified atom stereocenters. The van der Waals surface area contributed by atoms with Crippen molar-refractivity contribution in [3.05, 3.63) is 48.8 Å². The molecular weight excluding hydrogens is 460 g/mol. The molecular formula is C25H28N8OS. The molecule has 6 rings (SSSR count). The molecule has 35 heavy (non-hydrogen) atoms. The first-order valence-corrected chi connectivity index (χ1v) is 12.7. The molecule has 1 saturated heterocycles. The smallest absolute Gasteiger partial charge is 0.168 e. The van der Waals surface area contributed by atoms with Crippen LogP contribution in [0.25, 0.3) is 11.2 Å². The Kier molecular flexibility index (Phi) is 5.77. The van der Waals surface area contributed by atoms with E-state index >= 15 is 0 Å². The normalized spacial score (nSPS) is 19.6. The van der Waals surface area contributed by atoms with Crippen LogP contribution < -0.4 is 9.80 Å². The summed E-state index contributed by atoms with van der Waals surface area (Å²) < 4.78 is 7.60. The van der Waals surface area contributed by atoms with E-state index in [1.54, 1.807) is 37.6 Å². The second-order valence-corrected chi connectivity index (χ2v) is 10.6. The number of imidazole rings is 1. The Morgan fingerprint density at radius 2 is 1.83 bits per heavy atom. The molecule has 1 fully saturated rings. The Morgan fingerprint density at radius 1 is 1.00 bits per heavy atom. The molecule has 0 saturated carbocycles. The Balaban J connectivity index is 1.32. The third kappa shape index (κ3) is 4.10. The quantitative estimate of drug-likeness (QED) is 0.407. The molecule has 180 valence electrons. The lowest BCUT2D eigenvalue weighted by Crippen LogP contribution is -2.39. The van der Waals surface area contributed by atoms with Crippen molar-refractivity contribution in [1.82, 2.24) is 29.5 Å². The van der Waals surface area contributed by atoms with E-state index in [0.29, 0.717) is 25.1 Å². The van der Waals surface area contributed by atoms with E-state index in [2.05, 4.69) is 66.3 Å². The van der Waals surface area contributed by atoms with Gasteiger partial charge in [0.2, 0.25) is 0 Å². The Bertz CT molecular complexity index is 1360. The lowest BCUT2D eigenvalue weighted by molar-refractivity contribution is 0.204. The molecule has 10 heteroatoms. The number of methoxy groups -OCH3 is 1. The van der Waals surface area contributed by atoms with Crippen molar-refractivity contribution in [3.63, 3.8) is 0 Å². The molecule has 4 aromatic rings. The molecule has 0 amide bonds. The van der Waals surface area contributed by atoms with Gasteiger partial charge in [-0.3, -0.25) is 4.90 Å². The summed E-state index contributed by atoms with van der Waals surface area (Å²) in [5.74, 6) is 3.04. The Morgan fingerprint density at radius 3 is 2.66 bits per heavy atom. The first-order chi connectivity index (χ1) is 17.1. The van der Waals surface area contributed by atoms with Crippen molar-refractivity contribution in [2.24, 2.45) is 11.8 Å². The van der Waals surface area contributed by atoms with Crippen LogP contribution in [0.15, 0.2) is 53.2 Å². The zero-order valence-electron chi connectivity index (χ0n) is 20.1. The maximum absolute atomic E-state index is 5.50. The third-order valence-electron chi connectivity index (χ3n) is 6.58. The standard InChI is InChI=1S/C25H28N8OS/c1-16-8-17(2)11-31(10-16)22-21-23(29-13-28-22)32(14-30-21)12-18-4-5-20-19(9-18)33(15-34-3)24-25(35-20)27-7-6-26-24/h4-7,9,13-14,16-17H,8,10-12,15H2,1-3H3. The van der Waals surface area contributed by atoms with Gasteiger partial charge in [0.15, 0.2) is 22.8 Å². The van der Waals surface area contributed by atoms with E-state index in [1.165, 1.54) is 6.42 Å². The van der Waals surface area contributed by atoms with Gasteiger partial charge in [-0.15, -0.1) is 0 Å². The highest BCUT2D eigenvalue weighted by Crippen LogP contribution is 2.46. The average Bonchev–Trinajstić information content (AvgIpc) is 3.26. The largest absolute Gasteiger partial charge is 0.364 e. The van der Waals surface area contributed by atoms with Crippen molar-refractivity contribution in [1.29, 1.82) is 0 Å². The van der Waals surface area contributed by atoms with E-state index in [1.807, 2.05) is 6.33 Å². The molecule has 0 bridgehead atoms. The number of ether oxygens (including phenoxy) is 1. The fourth-order valence-electron chi connectivity index (χ4n) is 5.26. The summed E-state index contributed by atoms with van der Waals surface area (Å²) in [4.78, 5) is 28.6. The first-order valence-electron chi connectivity index (χ1n) is 11.9. The van der Waals surface area contributed by atoms with Crippen LogP contribution in [0, 0.1) is 11.8 Å². The van der Waals surface area contributed by atoms with Crippen molar-refractivity contribution >= 4 is 40.2 Å². The summed E-state index contributed by atoms with van der Waals surface area (Å²) >= 11 is 1.63. The maximum Gasteiger partial charge on any atom is 0.168 e. The highest BCUT2D eigenvalue weighted by Gasteiger charge is 2.27. The molecule has 1 aromatic carbocycles. The predicted molar refractivity (Wildman–Crippen MR) is 136 cm³/mol. The summed E-state index contributed by atoms with van der Waals surface area (Å²) in [5, 5.41) is 0.885. The van der Waals surface area contributed by atoms with Gasteiger partial charge in [0.05, 0.1) is 18.6 Å². The van der Waals surface area contributed by atoms with E-state index in [0.717, 1.165) is 57.1 Å². The summed E-state index contributed by atoms with van der Waals surface area (Å²) in [6.45, 7) is 7.69. The molecule has 2 atom stereocenters. The molecule has 3 aromatic heterocycles. The van der Waals surface area contributed by atoms with Crippen LogP contribution in [0.1, 0.15) is 25.8 Å². The third-order valence-corrected chi connectivity index (χ3v) is 7.63. The van der Waals surface area contributed by atoms with E-state index in [4.69, 9.17) is 9.72 Å². The lowest BCUT2D eigenvalue weighted by Gasteiger charge is -2.35. The highest BCUT2D eigenvalue weighted by atomic mass is 32.2. The number of rotatable bonds is 5. The second kappa shape index (κ2) is 9.09. The van der Waals surface area contributed by atoms with Crippen molar-refractivity contribution in [2.75, 3.05) is 36.7 Å². The maximum atomic E-state index is 5.50. The minimum atomic E-state index is 0.403. The van der Waals surface area contributed by atoms with E-state index in [-0.39, 0.29) is 0 Å².